The van der Waals surface area contributed by atoms with Crippen molar-refractivity contribution < 1.29 is 9.72 Å². The van der Waals surface area contributed by atoms with Crippen molar-refractivity contribution in [3.63, 3.8) is 0 Å². The Hall–Kier alpha value is -3.70. The van der Waals surface area contributed by atoms with Gasteiger partial charge in [0.1, 0.15) is 6.07 Å². The third-order valence-corrected chi connectivity index (χ3v) is 5.63. The molecule has 0 N–H and O–H groups in total. The zero-order chi connectivity index (χ0) is 21.3. The number of piperazine rings is 1. The van der Waals surface area contributed by atoms with Crippen LogP contribution in [0.15, 0.2) is 48.7 Å². The predicted molar refractivity (Wildman–Crippen MR) is 114 cm³/mol. The predicted octanol–water partition coefficient (Wildman–Crippen LogP) is 3.25. The van der Waals surface area contributed by atoms with Crippen molar-refractivity contribution in [2.45, 2.75) is 6.92 Å². The number of benzene rings is 2. The number of nitro benzene ring substituents is 1. The van der Waals surface area contributed by atoms with E-state index in [1.165, 1.54) is 22.9 Å². The number of non-ortho nitro benzene ring substituents is 1. The van der Waals surface area contributed by atoms with Crippen molar-refractivity contribution in [3.05, 3.63) is 69.9 Å². The largest absolute Gasteiger partial charge is 0.368 e. The molecule has 2 aromatic carbocycles. The van der Waals surface area contributed by atoms with Crippen molar-refractivity contribution >= 4 is 28.2 Å². The van der Waals surface area contributed by atoms with Gasteiger partial charge < -0.3 is 9.80 Å². The van der Waals surface area contributed by atoms with Crippen LogP contribution in [0.4, 0.5) is 11.4 Å². The molecule has 2 heterocycles. The van der Waals surface area contributed by atoms with Gasteiger partial charge in [-0.25, -0.2) is 0 Å². The van der Waals surface area contributed by atoms with Crippen LogP contribution in [-0.4, -0.2) is 53.0 Å². The number of nitro groups is 1. The molecular weight excluding hydrogens is 382 g/mol. The van der Waals surface area contributed by atoms with E-state index >= 15 is 0 Å². The maximum absolute atomic E-state index is 13.5. The Bertz CT molecular complexity index is 1170. The summed E-state index contributed by atoms with van der Waals surface area (Å²) in [5.41, 5.74) is 1.80. The second-order valence-electron chi connectivity index (χ2n) is 7.23. The van der Waals surface area contributed by atoms with Gasteiger partial charge in [-0.05, 0) is 18.7 Å². The number of para-hydroxylation sites is 1. The number of hydrogen-bond donors (Lipinski definition) is 0. The topological polar surface area (TPSA) is 95.4 Å². The van der Waals surface area contributed by atoms with Crippen molar-refractivity contribution in [1.29, 1.82) is 5.26 Å². The van der Waals surface area contributed by atoms with Crippen LogP contribution in [0.3, 0.4) is 0 Å². The van der Waals surface area contributed by atoms with Gasteiger partial charge in [0, 0.05) is 49.9 Å². The fraction of sp³-hybridized carbons (Fsp3) is 0.273. The van der Waals surface area contributed by atoms with E-state index in [4.69, 9.17) is 0 Å². The summed E-state index contributed by atoms with van der Waals surface area (Å²) >= 11 is 0. The van der Waals surface area contributed by atoms with E-state index in [-0.39, 0.29) is 17.2 Å². The Morgan fingerprint density at radius 2 is 1.90 bits per heavy atom. The van der Waals surface area contributed by atoms with E-state index in [1.54, 1.807) is 24.3 Å². The number of likely N-dealkylation sites (N-methyl/N-ethyl adjacent to an activating group) is 1. The quantitative estimate of drug-likeness (QED) is 0.490. The number of hydrogen-bond acceptors (Lipinski definition) is 6. The summed E-state index contributed by atoms with van der Waals surface area (Å²) in [6.45, 7) is 6.29. The van der Waals surface area contributed by atoms with Gasteiger partial charge in [0.05, 0.1) is 27.3 Å². The van der Waals surface area contributed by atoms with Crippen molar-refractivity contribution in [2.24, 2.45) is 0 Å². The first-order valence-corrected chi connectivity index (χ1v) is 9.84. The lowest BCUT2D eigenvalue weighted by Gasteiger charge is -2.36. The van der Waals surface area contributed by atoms with Crippen LogP contribution in [0.1, 0.15) is 22.8 Å². The molecule has 152 valence electrons. The molecule has 0 atom stereocenters. The van der Waals surface area contributed by atoms with Crippen LogP contribution >= 0.6 is 0 Å². The number of fused-ring (bicyclic) bond motifs is 1. The maximum atomic E-state index is 13.5. The summed E-state index contributed by atoms with van der Waals surface area (Å²) in [7, 11) is 0. The van der Waals surface area contributed by atoms with Gasteiger partial charge in [-0.3, -0.25) is 19.5 Å². The van der Waals surface area contributed by atoms with Crippen LogP contribution < -0.4 is 4.90 Å². The smallest absolute Gasteiger partial charge is 0.270 e. The van der Waals surface area contributed by atoms with E-state index in [0.717, 1.165) is 32.7 Å². The van der Waals surface area contributed by atoms with Crippen molar-refractivity contribution in [3.8, 4) is 6.07 Å². The van der Waals surface area contributed by atoms with Crippen LogP contribution in [0.5, 0.6) is 0 Å². The van der Waals surface area contributed by atoms with Gasteiger partial charge in [-0.2, -0.15) is 5.26 Å². The second-order valence-corrected chi connectivity index (χ2v) is 7.23. The zero-order valence-electron chi connectivity index (χ0n) is 16.6. The second kappa shape index (κ2) is 7.97. The van der Waals surface area contributed by atoms with Gasteiger partial charge in [-0.15, -0.1) is 0 Å². The lowest BCUT2D eigenvalue weighted by Crippen LogP contribution is -2.46. The number of aromatic nitrogens is 1. The van der Waals surface area contributed by atoms with Crippen LogP contribution in [0, 0.1) is 21.4 Å². The molecule has 1 aromatic heterocycles. The summed E-state index contributed by atoms with van der Waals surface area (Å²) in [4.78, 5) is 28.8. The molecule has 0 aliphatic carbocycles. The van der Waals surface area contributed by atoms with Gasteiger partial charge in [0.25, 0.3) is 11.6 Å². The minimum absolute atomic E-state index is 0.133. The van der Waals surface area contributed by atoms with E-state index in [9.17, 15) is 20.2 Å². The molecule has 3 aromatic rings. The van der Waals surface area contributed by atoms with Crippen LogP contribution in [0.25, 0.3) is 10.9 Å². The monoisotopic (exact) mass is 403 g/mol. The Labute approximate surface area is 173 Å². The molecule has 0 bridgehead atoms. The number of nitrogens with zero attached hydrogens (tertiary/aromatic N) is 5. The lowest BCUT2D eigenvalue weighted by molar-refractivity contribution is -0.384. The molecular formula is C22H21N5O3. The fourth-order valence-corrected chi connectivity index (χ4v) is 3.96. The fourth-order valence-electron chi connectivity index (χ4n) is 3.96. The zero-order valence-corrected chi connectivity index (χ0v) is 16.6. The number of rotatable bonds is 4. The highest BCUT2D eigenvalue weighted by atomic mass is 16.6. The summed E-state index contributed by atoms with van der Waals surface area (Å²) < 4.78 is 1.42. The summed E-state index contributed by atoms with van der Waals surface area (Å²) in [6.07, 6.45) is 1.50. The minimum Gasteiger partial charge on any atom is -0.368 e. The molecule has 0 unspecified atom stereocenters. The molecule has 0 radical (unpaired) electrons. The minimum atomic E-state index is -0.496. The number of carbonyl (C=O) groups is 1. The summed E-state index contributed by atoms with van der Waals surface area (Å²) in [6, 6.07) is 13.7. The Morgan fingerprint density at radius 3 is 2.57 bits per heavy atom. The van der Waals surface area contributed by atoms with Crippen molar-refractivity contribution in [1.82, 2.24) is 9.47 Å². The third kappa shape index (κ3) is 3.40. The highest BCUT2D eigenvalue weighted by Crippen LogP contribution is 2.29. The molecule has 0 saturated carbocycles. The number of carbonyl (C=O) groups excluding carboxylic acids is 1. The maximum Gasteiger partial charge on any atom is 0.270 e. The molecule has 8 nitrogen and oxygen atoms in total. The highest BCUT2D eigenvalue weighted by molar-refractivity contribution is 6.07. The summed E-state index contributed by atoms with van der Waals surface area (Å²) in [5.74, 6) is -0.385. The molecule has 30 heavy (non-hydrogen) atoms. The van der Waals surface area contributed by atoms with Crippen LogP contribution in [-0.2, 0) is 0 Å². The molecule has 1 aliphatic rings. The van der Waals surface area contributed by atoms with Gasteiger partial charge >= 0.3 is 0 Å². The van der Waals surface area contributed by atoms with E-state index in [1.807, 2.05) is 6.07 Å². The first-order chi connectivity index (χ1) is 14.5. The normalized spacial score (nSPS) is 14.6. The molecule has 1 saturated heterocycles. The molecule has 1 aliphatic heterocycles. The first kappa shape index (κ1) is 19.6. The van der Waals surface area contributed by atoms with Crippen molar-refractivity contribution in [2.75, 3.05) is 37.6 Å². The average molecular weight is 403 g/mol. The Balaban J connectivity index is 1.81. The van der Waals surface area contributed by atoms with Gasteiger partial charge in [0.15, 0.2) is 0 Å². The van der Waals surface area contributed by atoms with Crippen LogP contribution in [0.2, 0.25) is 0 Å². The number of anilines is 1. The Morgan fingerprint density at radius 1 is 1.17 bits per heavy atom. The highest BCUT2D eigenvalue weighted by Gasteiger charge is 2.25. The van der Waals surface area contributed by atoms with E-state index in [0.29, 0.717) is 22.2 Å². The van der Waals surface area contributed by atoms with Gasteiger partial charge in [-0.1, -0.05) is 25.1 Å². The number of nitriles is 1. The standard InChI is InChI=1S/C22H21N5O3/c1-2-24-9-11-25(12-10-24)20-8-7-17(27(29)30)13-19(20)22(28)26-15-16(14-23)18-5-3-4-6-21(18)26/h3-8,13,15H,2,9-12H2,1H3. The average Bonchev–Trinajstić information content (AvgIpc) is 3.17. The summed E-state index contributed by atoms with van der Waals surface area (Å²) in [5, 5.41) is 21.5. The third-order valence-electron chi connectivity index (χ3n) is 5.63. The molecule has 1 fully saturated rings. The molecule has 0 amide bonds. The SMILES string of the molecule is CCN1CCN(c2ccc([N+](=O)[O-])cc2C(=O)n2cc(C#N)c3ccccc32)CC1. The lowest BCUT2D eigenvalue weighted by atomic mass is 10.1. The van der Waals surface area contributed by atoms with Gasteiger partial charge in [0.2, 0.25) is 0 Å². The Kier molecular flexibility index (Phi) is 5.21. The first-order valence-electron chi connectivity index (χ1n) is 9.84. The molecule has 4 rings (SSSR count). The van der Waals surface area contributed by atoms with E-state index < -0.39 is 4.92 Å². The van der Waals surface area contributed by atoms with E-state index in [2.05, 4.69) is 22.8 Å². The molecule has 0 spiro atoms. The molecule has 8 heteroatoms.